The maximum Gasteiger partial charge on any atom is 0.338 e. The Morgan fingerprint density at radius 2 is 2.18 bits per heavy atom. The zero-order valence-electron chi connectivity index (χ0n) is 12.4. The summed E-state index contributed by atoms with van der Waals surface area (Å²) in [7, 11) is 1.56. The fraction of sp³-hybridized carbons (Fsp3) is 0.312. The van der Waals surface area contributed by atoms with Crippen molar-refractivity contribution in [3.63, 3.8) is 0 Å². The van der Waals surface area contributed by atoms with Gasteiger partial charge < -0.3 is 24.0 Å². The lowest BCUT2D eigenvalue weighted by Gasteiger charge is -2.18. The van der Waals surface area contributed by atoms with Crippen molar-refractivity contribution in [2.24, 2.45) is 0 Å². The van der Waals surface area contributed by atoms with Gasteiger partial charge in [-0.25, -0.2) is 4.79 Å². The maximum atomic E-state index is 11.8. The van der Waals surface area contributed by atoms with Gasteiger partial charge in [0.1, 0.15) is 16.9 Å². The van der Waals surface area contributed by atoms with Gasteiger partial charge in [0.25, 0.3) is 0 Å². The van der Waals surface area contributed by atoms with E-state index in [0.29, 0.717) is 34.4 Å². The van der Waals surface area contributed by atoms with Crippen LogP contribution in [0.3, 0.4) is 0 Å². The van der Waals surface area contributed by atoms with Crippen molar-refractivity contribution in [3.05, 3.63) is 34.9 Å². The maximum absolute atomic E-state index is 11.8. The van der Waals surface area contributed by atoms with Crippen molar-refractivity contribution in [1.29, 1.82) is 0 Å². The Kier molecular flexibility index (Phi) is 3.77. The Hall–Kier alpha value is -2.47. The molecule has 6 nitrogen and oxygen atoms in total. The van der Waals surface area contributed by atoms with Gasteiger partial charge in [0.05, 0.1) is 36.4 Å². The third-order valence-corrected chi connectivity index (χ3v) is 3.69. The van der Waals surface area contributed by atoms with Gasteiger partial charge in [-0.3, -0.25) is 0 Å². The third kappa shape index (κ3) is 2.31. The van der Waals surface area contributed by atoms with Gasteiger partial charge in [-0.2, -0.15) is 0 Å². The number of hydrogen-bond donors (Lipinski definition) is 2. The molecule has 2 heterocycles. The monoisotopic (exact) mass is 303 g/mol. The van der Waals surface area contributed by atoms with E-state index in [1.807, 2.05) is 6.92 Å². The molecule has 3 rings (SSSR count). The van der Waals surface area contributed by atoms with Gasteiger partial charge >= 0.3 is 5.63 Å². The lowest BCUT2D eigenvalue weighted by atomic mass is 10.1. The van der Waals surface area contributed by atoms with E-state index in [4.69, 9.17) is 13.6 Å². The van der Waals surface area contributed by atoms with E-state index in [1.54, 1.807) is 25.5 Å². The quantitative estimate of drug-likeness (QED) is 0.705. The first kappa shape index (κ1) is 14.5. The van der Waals surface area contributed by atoms with Gasteiger partial charge in [-0.1, -0.05) is 6.92 Å². The Morgan fingerprint density at radius 3 is 2.86 bits per heavy atom. The molecule has 0 aliphatic carbocycles. The molecular weight excluding hydrogens is 286 g/mol. The number of fused-ring (bicyclic) bond motifs is 2. The molecule has 116 valence electrons. The molecule has 0 aliphatic rings. The van der Waals surface area contributed by atoms with Crippen LogP contribution in [0.1, 0.15) is 13.3 Å². The molecule has 0 spiro atoms. The van der Waals surface area contributed by atoms with Crippen LogP contribution in [0.4, 0.5) is 5.69 Å². The highest BCUT2D eigenvalue weighted by molar-refractivity contribution is 6.06. The van der Waals surface area contributed by atoms with Crippen molar-refractivity contribution >= 4 is 27.6 Å². The molecule has 3 aromatic rings. The van der Waals surface area contributed by atoms with Crippen LogP contribution < -0.4 is 15.7 Å². The first-order valence-electron chi connectivity index (χ1n) is 7.07. The zero-order chi connectivity index (χ0) is 15.7. The second-order valence-electron chi connectivity index (χ2n) is 5.03. The summed E-state index contributed by atoms with van der Waals surface area (Å²) >= 11 is 0. The first-order valence-corrected chi connectivity index (χ1v) is 7.07. The molecule has 0 aliphatic heterocycles. The van der Waals surface area contributed by atoms with Gasteiger partial charge in [0.2, 0.25) is 0 Å². The molecule has 0 bridgehead atoms. The molecule has 0 saturated heterocycles. The summed E-state index contributed by atoms with van der Waals surface area (Å²) in [6.07, 6.45) is 2.27. The Morgan fingerprint density at radius 1 is 1.36 bits per heavy atom. The van der Waals surface area contributed by atoms with Crippen molar-refractivity contribution in [1.82, 2.24) is 0 Å². The van der Waals surface area contributed by atoms with E-state index < -0.39 is 5.63 Å². The standard InChI is InChI=1S/C16H17NO5/c1-3-9(8-18)17-11-6-14(19)22-13-7-12-10(4-5-21-12)16(20-2)15(11)13/h4-7,9,17-18H,3,8H2,1-2H3. The summed E-state index contributed by atoms with van der Waals surface area (Å²) in [6, 6.07) is 4.68. The molecule has 2 aromatic heterocycles. The number of methoxy groups -OCH3 is 1. The van der Waals surface area contributed by atoms with Crippen LogP contribution in [-0.4, -0.2) is 24.9 Å². The summed E-state index contributed by atoms with van der Waals surface area (Å²) in [5.74, 6) is 0.570. The number of nitrogens with one attached hydrogen (secondary N) is 1. The van der Waals surface area contributed by atoms with Crippen molar-refractivity contribution in [3.8, 4) is 5.75 Å². The topological polar surface area (TPSA) is 84.8 Å². The SMILES string of the molecule is CCC(CO)Nc1cc(=O)oc2cc3occc3c(OC)c12. The van der Waals surface area contributed by atoms with E-state index in [-0.39, 0.29) is 12.6 Å². The molecule has 1 aromatic carbocycles. The normalized spacial score (nSPS) is 12.7. The van der Waals surface area contributed by atoms with Crippen LogP contribution in [0.15, 0.2) is 38.1 Å². The number of aliphatic hydroxyl groups excluding tert-OH is 1. The predicted molar refractivity (Wildman–Crippen MR) is 83.6 cm³/mol. The van der Waals surface area contributed by atoms with Gasteiger partial charge in [0.15, 0.2) is 0 Å². The van der Waals surface area contributed by atoms with Gasteiger partial charge in [-0.15, -0.1) is 0 Å². The average molecular weight is 303 g/mol. The molecule has 0 fully saturated rings. The summed E-state index contributed by atoms with van der Waals surface area (Å²) in [4.78, 5) is 11.8. The lowest BCUT2D eigenvalue weighted by Crippen LogP contribution is -2.23. The van der Waals surface area contributed by atoms with Crippen LogP contribution in [0, 0.1) is 0 Å². The number of benzene rings is 1. The minimum absolute atomic E-state index is 0.0332. The fourth-order valence-corrected chi connectivity index (χ4v) is 2.54. The number of anilines is 1. The van der Waals surface area contributed by atoms with Gasteiger partial charge in [-0.05, 0) is 12.5 Å². The van der Waals surface area contributed by atoms with Crippen LogP contribution >= 0.6 is 0 Å². The van der Waals surface area contributed by atoms with E-state index in [2.05, 4.69) is 5.32 Å². The highest BCUT2D eigenvalue weighted by Crippen LogP contribution is 2.38. The molecule has 0 saturated carbocycles. The zero-order valence-corrected chi connectivity index (χ0v) is 12.4. The molecule has 2 N–H and O–H groups in total. The largest absolute Gasteiger partial charge is 0.495 e. The second kappa shape index (κ2) is 5.73. The number of ether oxygens (including phenoxy) is 1. The van der Waals surface area contributed by atoms with E-state index in [9.17, 15) is 9.90 Å². The number of hydrogen-bond acceptors (Lipinski definition) is 6. The minimum atomic E-state index is -0.476. The predicted octanol–water partition coefficient (Wildman–Crippen LogP) is 2.73. The molecule has 1 atom stereocenters. The number of furan rings is 1. The van der Waals surface area contributed by atoms with Gasteiger partial charge in [0, 0.05) is 18.2 Å². The summed E-state index contributed by atoms with van der Waals surface area (Å²) in [6.45, 7) is 1.92. The summed E-state index contributed by atoms with van der Waals surface area (Å²) in [5, 5.41) is 14.0. The minimum Gasteiger partial charge on any atom is -0.495 e. The molecule has 0 amide bonds. The van der Waals surface area contributed by atoms with E-state index >= 15 is 0 Å². The average Bonchev–Trinajstić information content (AvgIpc) is 2.97. The van der Waals surface area contributed by atoms with Crippen LogP contribution in [0.25, 0.3) is 21.9 Å². The van der Waals surface area contributed by atoms with Crippen LogP contribution in [0.5, 0.6) is 5.75 Å². The lowest BCUT2D eigenvalue weighted by molar-refractivity contribution is 0.272. The Balaban J connectivity index is 2.32. The summed E-state index contributed by atoms with van der Waals surface area (Å²) < 4.78 is 16.1. The Labute approximate surface area is 126 Å². The van der Waals surface area contributed by atoms with Crippen molar-refractivity contribution in [2.75, 3.05) is 19.0 Å². The highest BCUT2D eigenvalue weighted by atomic mass is 16.5. The summed E-state index contributed by atoms with van der Waals surface area (Å²) in [5.41, 5.74) is 1.06. The second-order valence-corrected chi connectivity index (χ2v) is 5.03. The molecule has 22 heavy (non-hydrogen) atoms. The van der Waals surface area contributed by atoms with Crippen LogP contribution in [0.2, 0.25) is 0 Å². The third-order valence-electron chi connectivity index (χ3n) is 3.69. The smallest absolute Gasteiger partial charge is 0.338 e. The number of rotatable bonds is 5. The fourth-order valence-electron chi connectivity index (χ4n) is 2.54. The first-order chi connectivity index (χ1) is 10.7. The molecule has 1 unspecified atom stereocenters. The highest BCUT2D eigenvalue weighted by Gasteiger charge is 2.18. The van der Waals surface area contributed by atoms with Crippen molar-refractivity contribution < 1.29 is 18.7 Å². The Bertz CT molecular complexity index is 860. The molecular formula is C16H17NO5. The van der Waals surface area contributed by atoms with Crippen LogP contribution in [-0.2, 0) is 0 Å². The van der Waals surface area contributed by atoms with Crippen molar-refractivity contribution in [2.45, 2.75) is 19.4 Å². The number of aliphatic hydroxyl groups is 1. The van der Waals surface area contributed by atoms with E-state index in [1.165, 1.54) is 6.07 Å². The van der Waals surface area contributed by atoms with E-state index in [0.717, 1.165) is 5.39 Å². The molecule has 0 radical (unpaired) electrons. The molecule has 6 heteroatoms.